The monoisotopic (exact) mass is 379 g/mol. The summed E-state index contributed by atoms with van der Waals surface area (Å²) in [6, 6.07) is 6.29. The zero-order chi connectivity index (χ0) is 17.6. The van der Waals surface area contributed by atoms with Crippen molar-refractivity contribution in [3.05, 3.63) is 41.2 Å². The molecular formula is C18H26ClN5O2. The zero-order valence-corrected chi connectivity index (χ0v) is 16.0. The van der Waals surface area contributed by atoms with Gasteiger partial charge in [0.2, 0.25) is 0 Å². The summed E-state index contributed by atoms with van der Waals surface area (Å²) in [5.41, 5.74) is 2.43. The van der Waals surface area contributed by atoms with Crippen molar-refractivity contribution in [2.75, 3.05) is 19.7 Å². The molecule has 1 aromatic carbocycles. The SMILES string of the molecule is CCOc1cc(C)ccc1CNC(=O)c1cn(C2CCNCC2)nn1.Cl. The minimum Gasteiger partial charge on any atom is -0.494 e. The summed E-state index contributed by atoms with van der Waals surface area (Å²) in [5.74, 6) is 0.587. The maximum Gasteiger partial charge on any atom is 0.273 e. The van der Waals surface area contributed by atoms with Crippen LogP contribution in [-0.2, 0) is 6.54 Å². The van der Waals surface area contributed by atoms with Crippen molar-refractivity contribution >= 4 is 18.3 Å². The van der Waals surface area contributed by atoms with Crippen molar-refractivity contribution in [2.24, 2.45) is 0 Å². The second-order valence-corrected chi connectivity index (χ2v) is 6.29. The summed E-state index contributed by atoms with van der Waals surface area (Å²) in [7, 11) is 0. The van der Waals surface area contributed by atoms with Gasteiger partial charge in [-0.05, 0) is 51.4 Å². The van der Waals surface area contributed by atoms with Crippen LogP contribution in [0.4, 0.5) is 0 Å². The number of aryl methyl sites for hydroxylation is 1. The van der Waals surface area contributed by atoms with Gasteiger partial charge in [0.05, 0.1) is 18.8 Å². The van der Waals surface area contributed by atoms with E-state index in [-0.39, 0.29) is 18.3 Å². The van der Waals surface area contributed by atoms with Crippen molar-refractivity contribution in [1.29, 1.82) is 0 Å². The third-order valence-electron chi connectivity index (χ3n) is 4.39. The van der Waals surface area contributed by atoms with E-state index >= 15 is 0 Å². The molecular weight excluding hydrogens is 354 g/mol. The normalized spacial score (nSPS) is 14.5. The Morgan fingerprint density at radius 2 is 2.15 bits per heavy atom. The Hall–Kier alpha value is -2.12. The van der Waals surface area contributed by atoms with E-state index in [0.717, 1.165) is 42.8 Å². The van der Waals surface area contributed by atoms with Crippen molar-refractivity contribution < 1.29 is 9.53 Å². The van der Waals surface area contributed by atoms with Gasteiger partial charge in [-0.3, -0.25) is 4.79 Å². The average molecular weight is 380 g/mol. The Morgan fingerprint density at radius 3 is 2.88 bits per heavy atom. The smallest absolute Gasteiger partial charge is 0.273 e. The maximum atomic E-state index is 12.4. The zero-order valence-electron chi connectivity index (χ0n) is 15.2. The lowest BCUT2D eigenvalue weighted by atomic mass is 10.1. The third-order valence-corrected chi connectivity index (χ3v) is 4.39. The maximum absolute atomic E-state index is 12.4. The van der Waals surface area contributed by atoms with Crippen molar-refractivity contribution in [1.82, 2.24) is 25.6 Å². The molecule has 0 aliphatic carbocycles. The van der Waals surface area contributed by atoms with E-state index in [0.29, 0.717) is 24.9 Å². The van der Waals surface area contributed by atoms with Gasteiger partial charge in [0.1, 0.15) is 5.75 Å². The number of hydrogen-bond acceptors (Lipinski definition) is 5. The van der Waals surface area contributed by atoms with Gasteiger partial charge < -0.3 is 15.4 Å². The molecule has 1 fully saturated rings. The first-order valence-corrected chi connectivity index (χ1v) is 8.80. The summed E-state index contributed by atoms with van der Waals surface area (Å²) in [6.07, 6.45) is 3.75. The van der Waals surface area contributed by atoms with Crippen LogP contribution in [0.1, 0.15) is 47.4 Å². The molecule has 0 spiro atoms. The molecule has 1 aliphatic heterocycles. The molecule has 3 rings (SSSR count). The van der Waals surface area contributed by atoms with E-state index in [2.05, 4.69) is 20.9 Å². The van der Waals surface area contributed by atoms with Gasteiger partial charge in [-0.25, -0.2) is 4.68 Å². The molecule has 0 bridgehead atoms. The molecule has 1 saturated heterocycles. The molecule has 26 heavy (non-hydrogen) atoms. The lowest BCUT2D eigenvalue weighted by molar-refractivity contribution is 0.0945. The van der Waals surface area contributed by atoms with E-state index in [4.69, 9.17) is 4.74 Å². The summed E-state index contributed by atoms with van der Waals surface area (Å²) < 4.78 is 7.46. The number of amides is 1. The summed E-state index contributed by atoms with van der Waals surface area (Å²) in [4.78, 5) is 12.4. The van der Waals surface area contributed by atoms with Crippen molar-refractivity contribution in [3.8, 4) is 5.75 Å². The van der Waals surface area contributed by atoms with E-state index in [1.54, 1.807) is 6.20 Å². The second kappa shape index (κ2) is 9.54. The number of rotatable bonds is 6. The Bertz CT molecular complexity index is 728. The number of carbonyl (C=O) groups excluding carboxylic acids is 1. The third kappa shape index (κ3) is 4.95. The number of aromatic nitrogens is 3. The minimum atomic E-state index is -0.219. The molecule has 0 atom stereocenters. The Labute approximate surface area is 159 Å². The number of nitrogens with zero attached hydrogens (tertiary/aromatic N) is 3. The van der Waals surface area contributed by atoms with Gasteiger partial charge >= 0.3 is 0 Å². The lowest BCUT2D eigenvalue weighted by Crippen LogP contribution is -2.29. The molecule has 1 amide bonds. The predicted octanol–water partition coefficient (Wildman–Crippen LogP) is 2.26. The molecule has 1 aliphatic rings. The number of halogens is 1. The van der Waals surface area contributed by atoms with Gasteiger partial charge in [0.25, 0.3) is 5.91 Å². The van der Waals surface area contributed by atoms with Crippen LogP contribution in [0.25, 0.3) is 0 Å². The number of nitrogens with one attached hydrogen (secondary N) is 2. The van der Waals surface area contributed by atoms with Gasteiger partial charge in [-0.2, -0.15) is 0 Å². The molecule has 2 aromatic rings. The Balaban J connectivity index is 0.00000243. The van der Waals surface area contributed by atoms with Crippen LogP contribution in [-0.4, -0.2) is 40.6 Å². The highest BCUT2D eigenvalue weighted by Crippen LogP contribution is 2.20. The van der Waals surface area contributed by atoms with E-state index in [9.17, 15) is 4.79 Å². The van der Waals surface area contributed by atoms with Crippen LogP contribution in [0, 0.1) is 6.92 Å². The second-order valence-electron chi connectivity index (χ2n) is 6.29. The summed E-state index contributed by atoms with van der Waals surface area (Å²) in [6.45, 7) is 6.90. The number of piperidine rings is 1. The first-order valence-electron chi connectivity index (χ1n) is 8.80. The van der Waals surface area contributed by atoms with Gasteiger partial charge in [-0.1, -0.05) is 17.3 Å². The molecule has 2 heterocycles. The van der Waals surface area contributed by atoms with Gasteiger partial charge in [0, 0.05) is 12.1 Å². The van der Waals surface area contributed by atoms with Crippen LogP contribution in [0.2, 0.25) is 0 Å². The molecule has 142 valence electrons. The van der Waals surface area contributed by atoms with Crippen molar-refractivity contribution in [2.45, 2.75) is 39.3 Å². The molecule has 0 saturated carbocycles. The number of carbonyl (C=O) groups is 1. The molecule has 8 heteroatoms. The number of hydrogen-bond donors (Lipinski definition) is 2. The van der Waals surface area contributed by atoms with Crippen LogP contribution in [0.15, 0.2) is 24.4 Å². The van der Waals surface area contributed by atoms with Crippen LogP contribution < -0.4 is 15.4 Å². The summed E-state index contributed by atoms with van der Waals surface area (Å²) in [5, 5.41) is 14.4. The van der Waals surface area contributed by atoms with E-state index < -0.39 is 0 Å². The highest BCUT2D eigenvalue weighted by Gasteiger charge is 2.18. The fraction of sp³-hybridized carbons (Fsp3) is 0.500. The quantitative estimate of drug-likeness (QED) is 0.804. The average Bonchev–Trinajstić information content (AvgIpc) is 3.12. The summed E-state index contributed by atoms with van der Waals surface area (Å²) >= 11 is 0. The molecule has 7 nitrogen and oxygen atoms in total. The molecule has 2 N–H and O–H groups in total. The van der Waals surface area contributed by atoms with Crippen molar-refractivity contribution in [3.63, 3.8) is 0 Å². The highest BCUT2D eigenvalue weighted by atomic mass is 35.5. The Morgan fingerprint density at radius 1 is 1.38 bits per heavy atom. The molecule has 0 radical (unpaired) electrons. The number of ether oxygens (including phenoxy) is 1. The fourth-order valence-electron chi connectivity index (χ4n) is 2.99. The van der Waals surface area contributed by atoms with Crippen LogP contribution >= 0.6 is 12.4 Å². The highest BCUT2D eigenvalue weighted by molar-refractivity contribution is 5.91. The lowest BCUT2D eigenvalue weighted by Gasteiger charge is -2.22. The predicted molar refractivity (Wildman–Crippen MR) is 102 cm³/mol. The van der Waals surface area contributed by atoms with Gasteiger partial charge in [-0.15, -0.1) is 17.5 Å². The number of benzene rings is 1. The first kappa shape index (κ1) is 20.2. The van der Waals surface area contributed by atoms with E-state index in [1.165, 1.54) is 0 Å². The molecule has 0 unspecified atom stereocenters. The molecule has 1 aromatic heterocycles. The van der Waals surface area contributed by atoms with Crippen LogP contribution in [0.5, 0.6) is 5.75 Å². The van der Waals surface area contributed by atoms with E-state index in [1.807, 2.05) is 36.7 Å². The largest absolute Gasteiger partial charge is 0.494 e. The van der Waals surface area contributed by atoms with Crippen LogP contribution in [0.3, 0.4) is 0 Å². The standard InChI is InChI=1S/C18H25N5O2.ClH/c1-3-25-17-10-13(2)4-5-14(17)11-20-18(24)16-12-23(22-21-16)15-6-8-19-9-7-15;/h4-5,10,12,15,19H,3,6-9,11H2,1-2H3,(H,20,24);1H. The first-order chi connectivity index (χ1) is 12.2. The topological polar surface area (TPSA) is 81.1 Å². The minimum absolute atomic E-state index is 0. The Kier molecular flexibility index (Phi) is 7.41. The fourth-order valence-corrected chi connectivity index (χ4v) is 2.99. The van der Waals surface area contributed by atoms with Gasteiger partial charge in [0.15, 0.2) is 5.69 Å².